The lowest BCUT2D eigenvalue weighted by Gasteiger charge is -2.31. The zero-order valence-corrected chi connectivity index (χ0v) is 23.7. The summed E-state index contributed by atoms with van der Waals surface area (Å²) in [4.78, 5) is 73.6. The van der Waals surface area contributed by atoms with Crippen molar-refractivity contribution in [2.24, 2.45) is 5.92 Å². The van der Waals surface area contributed by atoms with Crippen LogP contribution in [0.25, 0.3) is 0 Å². The Morgan fingerprint density at radius 2 is 1.83 bits per heavy atom. The van der Waals surface area contributed by atoms with Crippen LogP contribution in [0.5, 0.6) is 0 Å². The first-order chi connectivity index (χ1) is 19.9. The molecule has 0 radical (unpaired) electrons. The van der Waals surface area contributed by atoms with Gasteiger partial charge in [0.2, 0.25) is 17.7 Å². The predicted octanol–water partition coefficient (Wildman–Crippen LogP) is 2.14. The Kier molecular flexibility index (Phi) is 7.49. The van der Waals surface area contributed by atoms with Gasteiger partial charge in [-0.3, -0.25) is 28.7 Å². The quantitative estimate of drug-likeness (QED) is 0.311. The molecule has 3 aliphatic rings. The number of amides is 3. The van der Waals surface area contributed by atoms with Gasteiger partial charge in [0, 0.05) is 36.3 Å². The van der Waals surface area contributed by atoms with Crippen LogP contribution in [0, 0.1) is 5.92 Å². The first-order valence-electron chi connectivity index (χ1n) is 13.2. The Morgan fingerprint density at radius 3 is 2.51 bits per heavy atom. The maximum absolute atomic E-state index is 14.0. The van der Waals surface area contributed by atoms with Gasteiger partial charge in [0.05, 0.1) is 42.0 Å². The number of esters is 1. The van der Waals surface area contributed by atoms with E-state index >= 15 is 0 Å². The minimum Gasteiger partial charge on any atom is -0.462 e. The van der Waals surface area contributed by atoms with Gasteiger partial charge in [0.1, 0.15) is 11.8 Å². The highest BCUT2D eigenvalue weighted by Crippen LogP contribution is 2.53. The van der Waals surface area contributed by atoms with Crippen LogP contribution in [-0.2, 0) is 30.4 Å². The molecule has 3 amide bonds. The van der Waals surface area contributed by atoms with Crippen molar-refractivity contribution < 1.29 is 28.7 Å². The topological polar surface area (TPSA) is 128 Å². The molecule has 0 spiro atoms. The van der Waals surface area contributed by atoms with E-state index in [1.54, 1.807) is 42.4 Å². The first kappa shape index (κ1) is 27.4. The second-order valence-corrected chi connectivity index (χ2v) is 11.8. The average Bonchev–Trinajstić information content (AvgIpc) is 3.44. The predicted molar refractivity (Wildman–Crippen MR) is 150 cm³/mol. The summed E-state index contributed by atoms with van der Waals surface area (Å²) in [6, 6.07) is 9.73. The number of carbonyl (C=O) groups is 4. The van der Waals surface area contributed by atoms with Crippen molar-refractivity contribution in [1.29, 1.82) is 0 Å². The number of rotatable bonds is 6. The summed E-state index contributed by atoms with van der Waals surface area (Å²) in [6.45, 7) is 3.57. The minimum atomic E-state index is -0.816. The van der Waals surface area contributed by atoms with E-state index in [0.29, 0.717) is 53.0 Å². The van der Waals surface area contributed by atoms with Crippen molar-refractivity contribution in [2.75, 3.05) is 37.8 Å². The van der Waals surface area contributed by atoms with E-state index in [1.807, 2.05) is 6.07 Å². The van der Waals surface area contributed by atoms with Crippen molar-refractivity contribution in [3.8, 4) is 0 Å². The Balaban J connectivity index is 1.37. The number of pyridine rings is 1. The number of hydrogen-bond donors (Lipinski definition) is 0. The highest BCUT2D eigenvalue weighted by Gasteiger charge is 2.57. The van der Waals surface area contributed by atoms with Gasteiger partial charge in [-0.15, -0.1) is 0 Å². The van der Waals surface area contributed by atoms with Gasteiger partial charge >= 0.3 is 10.8 Å². The Labute approximate surface area is 243 Å². The van der Waals surface area contributed by atoms with Crippen LogP contribution in [0.4, 0.5) is 5.69 Å². The van der Waals surface area contributed by atoms with Gasteiger partial charge in [-0.25, -0.2) is 9.69 Å². The molecule has 11 nitrogen and oxygen atoms in total. The zero-order chi connectivity index (χ0) is 28.7. The van der Waals surface area contributed by atoms with Gasteiger partial charge in [-0.2, -0.15) is 0 Å². The van der Waals surface area contributed by atoms with E-state index < -0.39 is 34.9 Å². The van der Waals surface area contributed by atoms with E-state index in [2.05, 4.69) is 4.98 Å². The molecule has 5 heterocycles. The fourth-order valence-electron chi connectivity index (χ4n) is 5.44. The van der Waals surface area contributed by atoms with E-state index in [9.17, 15) is 24.0 Å². The van der Waals surface area contributed by atoms with Gasteiger partial charge in [0.15, 0.2) is 0 Å². The molecule has 2 fully saturated rings. The van der Waals surface area contributed by atoms with E-state index in [1.165, 1.54) is 16.7 Å². The summed E-state index contributed by atoms with van der Waals surface area (Å²) in [5.74, 6) is -2.88. The molecule has 3 aromatic rings. The van der Waals surface area contributed by atoms with Crippen molar-refractivity contribution in [2.45, 2.75) is 29.7 Å². The number of thioether (sulfide) groups is 1. The van der Waals surface area contributed by atoms with Crippen molar-refractivity contribution in [1.82, 2.24) is 14.5 Å². The summed E-state index contributed by atoms with van der Waals surface area (Å²) < 4.78 is 11.8. The minimum absolute atomic E-state index is 0.157. The number of imide groups is 1. The Morgan fingerprint density at radius 1 is 1.07 bits per heavy atom. The van der Waals surface area contributed by atoms with Crippen LogP contribution >= 0.6 is 23.1 Å². The van der Waals surface area contributed by atoms with Crippen molar-refractivity contribution >= 4 is 52.5 Å². The molecule has 13 heteroatoms. The van der Waals surface area contributed by atoms with Crippen LogP contribution < -0.4 is 9.77 Å². The number of hydrogen-bond acceptors (Lipinski definition) is 10. The third kappa shape index (κ3) is 4.87. The molecule has 212 valence electrons. The van der Waals surface area contributed by atoms with E-state index in [0.717, 1.165) is 28.0 Å². The normalized spacial score (nSPS) is 21.9. The standard InChI is InChI=1S/C28H26N4O7S2/c1-2-39-27(36)16-5-7-18(8-6-16)32-24(34)21-20(17-4-3-9-29-14-17)23-26(40-22(21)25(32)35)31(28(37)41-23)15-19(33)30-10-12-38-13-11-30/h3-9,14,20-22H,2,10-13,15H2,1H3/t20-,21?,22?/m1/s1. The molecule has 2 saturated heterocycles. The number of fused-ring (bicyclic) bond motifs is 2. The summed E-state index contributed by atoms with van der Waals surface area (Å²) >= 11 is 2.16. The molecule has 6 rings (SSSR count). The van der Waals surface area contributed by atoms with Crippen LogP contribution in [-0.4, -0.2) is 76.3 Å². The van der Waals surface area contributed by atoms with Crippen LogP contribution in [0.3, 0.4) is 0 Å². The molecule has 41 heavy (non-hydrogen) atoms. The number of benzene rings is 1. The lowest BCUT2D eigenvalue weighted by atomic mass is 9.84. The molecule has 3 atom stereocenters. The molecule has 0 saturated carbocycles. The second kappa shape index (κ2) is 11.2. The zero-order valence-electron chi connectivity index (χ0n) is 22.1. The molecular weight excluding hydrogens is 568 g/mol. The molecular formula is C28H26N4O7S2. The highest BCUT2D eigenvalue weighted by molar-refractivity contribution is 8.00. The third-order valence-corrected chi connectivity index (χ3v) is 9.99. The molecule has 3 aliphatic heterocycles. The molecule has 0 bridgehead atoms. The largest absolute Gasteiger partial charge is 0.462 e. The summed E-state index contributed by atoms with van der Waals surface area (Å²) in [7, 11) is 0. The highest BCUT2D eigenvalue weighted by atomic mass is 32.2. The van der Waals surface area contributed by atoms with Crippen LogP contribution in [0.1, 0.15) is 33.6 Å². The maximum Gasteiger partial charge on any atom is 0.338 e. The Bertz CT molecular complexity index is 1560. The number of carbonyl (C=O) groups excluding carboxylic acids is 4. The van der Waals surface area contributed by atoms with Gasteiger partial charge in [-0.05, 0) is 42.8 Å². The monoisotopic (exact) mass is 594 g/mol. The summed E-state index contributed by atoms with van der Waals surface area (Å²) in [5, 5.41) is -0.291. The molecule has 0 N–H and O–H groups in total. The van der Waals surface area contributed by atoms with Crippen LogP contribution in [0.15, 0.2) is 58.6 Å². The van der Waals surface area contributed by atoms with Gasteiger partial charge < -0.3 is 14.4 Å². The molecule has 0 aliphatic carbocycles. The first-order valence-corrected chi connectivity index (χ1v) is 14.9. The molecule has 1 aromatic carbocycles. The average molecular weight is 595 g/mol. The fourth-order valence-corrected chi connectivity index (χ4v) is 8.21. The third-order valence-electron chi connectivity index (χ3n) is 7.39. The summed E-state index contributed by atoms with van der Waals surface area (Å²) in [5.41, 5.74) is 1.36. The number of anilines is 1. The summed E-state index contributed by atoms with van der Waals surface area (Å²) in [6.07, 6.45) is 3.26. The lowest BCUT2D eigenvalue weighted by Crippen LogP contribution is -2.43. The molecule has 2 aromatic heterocycles. The van der Waals surface area contributed by atoms with Crippen molar-refractivity contribution in [3.63, 3.8) is 0 Å². The van der Waals surface area contributed by atoms with Gasteiger partial charge in [0.25, 0.3) is 0 Å². The second-order valence-electron chi connectivity index (χ2n) is 9.72. The number of nitrogens with zero attached hydrogens (tertiary/aromatic N) is 4. The number of aromatic nitrogens is 2. The fraction of sp³-hybridized carbons (Fsp3) is 0.357. The van der Waals surface area contributed by atoms with Gasteiger partial charge in [-0.1, -0.05) is 29.2 Å². The van der Waals surface area contributed by atoms with E-state index in [4.69, 9.17) is 9.47 Å². The molecule has 2 unspecified atom stereocenters. The number of morpholine rings is 1. The number of thiazole rings is 1. The van der Waals surface area contributed by atoms with Crippen molar-refractivity contribution in [3.05, 3.63) is 74.5 Å². The van der Waals surface area contributed by atoms with Crippen LogP contribution in [0.2, 0.25) is 0 Å². The maximum atomic E-state index is 14.0. The van der Waals surface area contributed by atoms with E-state index in [-0.39, 0.29) is 23.9 Å². The number of ether oxygens (including phenoxy) is 2. The SMILES string of the molecule is CCOC(=O)c1ccc(N2C(=O)C3Sc4c(sc(=O)n4CC(=O)N4CCOCC4)[C@H](c4cccnc4)C3C2=O)cc1. The Hall–Kier alpha value is -3.81. The smallest absolute Gasteiger partial charge is 0.338 e. The lowest BCUT2D eigenvalue weighted by molar-refractivity contribution is -0.136.